The Bertz CT molecular complexity index is 1070. The Morgan fingerprint density at radius 2 is 1.80 bits per heavy atom. The fraction of sp³-hybridized carbons (Fsp3) is 0.333. The molecule has 1 fully saturated rings. The molecule has 156 valence electrons. The van der Waals surface area contributed by atoms with Gasteiger partial charge in [-0.1, -0.05) is 6.07 Å². The van der Waals surface area contributed by atoms with Gasteiger partial charge in [0.25, 0.3) is 0 Å². The molecular weight excluding hydrogens is 376 g/mol. The number of ether oxygens (including phenoxy) is 1. The number of benzene rings is 2. The van der Waals surface area contributed by atoms with Crippen molar-refractivity contribution in [3.05, 3.63) is 53.6 Å². The predicted molar refractivity (Wildman–Crippen MR) is 123 cm³/mol. The molecule has 2 amide bonds. The van der Waals surface area contributed by atoms with Gasteiger partial charge in [-0.25, -0.2) is 9.78 Å². The van der Waals surface area contributed by atoms with Crippen LogP contribution in [0.5, 0.6) is 5.75 Å². The van der Waals surface area contributed by atoms with Crippen molar-refractivity contribution in [3.8, 4) is 5.75 Å². The second kappa shape index (κ2) is 8.61. The Balaban J connectivity index is 1.53. The second-order valence-corrected chi connectivity index (χ2v) is 7.86. The maximum Gasteiger partial charge on any atom is 0.323 e. The summed E-state index contributed by atoms with van der Waals surface area (Å²) in [5, 5.41) is 6.83. The first-order valence-corrected chi connectivity index (χ1v) is 10.4. The summed E-state index contributed by atoms with van der Waals surface area (Å²) in [5.41, 5.74) is 4.51. The van der Waals surface area contributed by atoms with E-state index in [1.54, 1.807) is 7.11 Å². The lowest BCUT2D eigenvalue weighted by Gasteiger charge is -2.28. The Hall–Kier alpha value is -3.28. The lowest BCUT2D eigenvalue weighted by Crippen LogP contribution is -2.30. The number of pyridine rings is 1. The number of nitrogens with one attached hydrogen (secondary N) is 2. The predicted octanol–water partition coefficient (Wildman–Crippen LogP) is 5.49. The van der Waals surface area contributed by atoms with Gasteiger partial charge in [-0.15, -0.1) is 0 Å². The van der Waals surface area contributed by atoms with E-state index >= 15 is 0 Å². The number of rotatable bonds is 4. The van der Waals surface area contributed by atoms with Gasteiger partial charge in [0, 0.05) is 24.2 Å². The van der Waals surface area contributed by atoms with Crippen LogP contribution in [0.25, 0.3) is 10.9 Å². The highest BCUT2D eigenvalue weighted by Crippen LogP contribution is 2.28. The number of anilines is 3. The average molecular weight is 405 g/mol. The molecule has 2 heterocycles. The molecular formula is C24H28N4O2. The number of aryl methyl sites for hydroxylation is 2. The molecule has 1 saturated heterocycles. The van der Waals surface area contributed by atoms with Crippen molar-refractivity contribution in [2.75, 3.05) is 35.7 Å². The molecule has 1 aliphatic heterocycles. The summed E-state index contributed by atoms with van der Waals surface area (Å²) >= 11 is 0. The van der Waals surface area contributed by atoms with Gasteiger partial charge in [-0.2, -0.15) is 0 Å². The number of aromatic nitrogens is 1. The molecule has 2 N–H and O–H groups in total. The highest BCUT2D eigenvalue weighted by atomic mass is 16.5. The lowest BCUT2D eigenvalue weighted by molar-refractivity contribution is 0.262. The molecule has 3 aromatic rings. The fourth-order valence-corrected chi connectivity index (χ4v) is 3.94. The van der Waals surface area contributed by atoms with Crippen LogP contribution < -0.4 is 20.3 Å². The smallest absolute Gasteiger partial charge is 0.323 e. The Morgan fingerprint density at radius 3 is 2.57 bits per heavy atom. The van der Waals surface area contributed by atoms with Crippen LogP contribution >= 0.6 is 0 Å². The quantitative estimate of drug-likeness (QED) is 0.603. The number of piperidine rings is 1. The van der Waals surface area contributed by atoms with Crippen LogP contribution in [0.4, 0.5) is 22.0 Å². The minimum atomic E-state index is -0.311. The topological polar surface area (TPSA) is 66.5 Å². The third-order valence-corrected chi connectivity index (χ3v) is 5.54. The minimum absolute atomic E-state index is 0.311. The van der Waals surface area contributed by atoms with Crippen LogP contribution in [-0.4, -0.2) is 31.2 Å². The molecule has 0 atom stereocenters. The molecule has 30 heavy (non-hydrogen) atoms. The summed E-state index contributed by atoms with van der Waals surface area (Å²) in [5.74, 6) is 1.67. The molecule has 4 rings (SSSR count). The van der Waals surface area contributed by atoms with Crippen LogP contribution in [0.3, 0.4) is 0 Å². The number of carbonyl (C=O) groups excluding carboxylic acids is 1. The van der Waals surface area contributed by atoms with E-state index in [1.165, 1.54) is 19.3 Å². The van der Waals surface area contributed by atoms with Crippen LogP contribution in [0.15, 0.2) is 42.5 Å². The van der Waals surface area contributed by atoms with E-state index in [-0.39, 0.29) is 6.03 Å². The first-order chi connectivity index (χ1) is 14.5. The zero-order valence-electron chi connectivity index (χ0n) is 17.8. The minimum Gasteiger partial charge on any atom is -0.495 e. The van der Waals surface area contributed by atoms with Gasteiger partial charge in [0.2, 0.25) is 0 Å². The number of urea groups is 1. The van der Waals surface area contributed by atoms with Crippen molar-refractivity contribution in [1.82, 2.24) is 4.98 Å². The highest BCUT2D eigenvalue weighted by molar-refractivity contribution is 6.02. The summed E-state index contributed by atoms with van der Waals surface area (Å²) in [6.45, 7) is 6.21. The van der Waals surface area contributed by atoms with Crippen molar-refractivity contribution >= 4 is 34.1 Å². The van der Waals surface area contributed by atoms with E-state index in [2.05, 4.69) is 28.5 Å². The molecule has 1 aromatic heterocycles. The monoisotopic (exact) mass is 404 g/mol. The number of amides is 2. The maximum atomic E-state index is 12.5. The Morgan fingerprint density at radius 1 is 1.00 bits per heavy atom. The third kappa shape index (κ3) is 4.32. The highest BCUT2D eigenvalue weighted by Gasteiger charge is 2.14. The van der Waals surface area contributed by atoms with Crippen molar-refractivity contribution in [3.63, 3.8) is 0 Å². The van der Waals surface area contributed by atoms with E-state index < -0.39 is 0 Å². The summed E-state index contributed by atoms with van der Waals surface area (Å²) in [7, 11) is 1.59. The SMILES string of the molecule is COc1ccc(C)cc1NC(=O)Nc1ccc2nc(N3CCCCC3)cc(C)c2c1. The molecule has 0 aliphatic carbocycles. The van der Waals surface area contributed by atoms with Crippen molar-refractivity contribution in [2.45, 2.75) is 33.1 Å². The molecule has 0 spiro atoms. The van der Waals surface area contributed by atoms with Crippen molar-refractivity contribution < 1.29 is 9.53 Å². The number of hydrogen-bond donors (Lipinski definition) is 2. The van der Waals surface area contributed by atoms with E-state index in [0.29, 0.717) is 11.4 Å². The fourth-order valence-electron chi connectivity index (χ4n) is 3.94. The number of nitrogens with zero attached hydrogens (tertiary/aromatic N) is 2. The van der Waals surface area contributed by atoms with Gasteiger partial charge in [-0.05, 0) is 80.6 Å². The van der Waals surface area contributed by atoms with Crippen LogP contribution in [0.1, 0.15) is 30.4 Å². The molecule has 2 aromatic carbocycles. The Kier molecular flexibility index (Phi) is 5.74. The standard InChI is InChI=1S/C24H28N4O2/c1-16-7-10-22(30-3)21(13-16)27-24(29)25-18-8-9-20-19(15-18)17(2)14-23(26-20)28-11-5-4-6-12-28/h7-10,13-15H,4-6,11-12H2,1-3H3,(H2,25,27,29). The molecule has 0 radical (unpaired) electrons. The van der Waals surface area contributed by atoms with Gasteiger partial charge >= 0.3 is 6.03 Å². The number of hydrogen-bond acceptors (Lipinski definition) is 4. The number of methoxy groups -OCH3 is 1. The molecule has 6 nitrogen and oxygen atoms in total. The van der Waals surface area contributed by atoms with Gasteiger partial charge in [0.1, 0.15) is 11.6 Å². The van der Waals surface area contributed by atoms with Gasteiger partial charge in [-0.3, -0.25) is 0 Å². The van der Waals surface area contributed by atoms with Crippen molar-refractivity contribution in [2.24, 2.45) is 0 Å². The van der Waals surface area contributed by atoms with Gasteiger partial charge < -0.3 is 20.3 Å². The normalized spacial score (nSPS) is 13.9. The van der Waals surface area contributed by atoms with E-state index in [1.807, 2.05) is 43.3 Å². The van der Waals surface area contributed by atoms with Crippen LogP contribution in [-0.2, 0) is 0 Å². The number of fused-ring (bicyclic) bond motifs is 1. The Labute approximate surface area is 177 Å². The zero-order valence-corrected chi connectivity index (χ0v) is 17.8. The first kappa shape index (κ1) is 20.0. The van der Waals surface area contributed by atoms with E-state index in [0.717, 1.165) is 46.6 Å². The molecule has 1 aliphatic rings. The summed E-state index contributed by atoms with van der Waals surface area (Å²) in [6.07, 6.45) is 3.75. The first-order valence-electron chi connectivity index (χ1n) is 10.4. The van der Waals surface area contributed by atoms with E-state index in [9.17, 15) is 4.79 Å². The lowest BCUT2D eigenvalue weighted by atomic mass is 10.1. The van der Waals surface area contributed by atoms with Crippen LogP contribution in [0.2, 0.25) is 0 Å². The second-order valence-electron chi connectivity index (χ2n) is 7.86. The largest absolute Gasteiger partial charge is 0.495 e. The molecule has 6 heteroatoms. The van der Waals surface area contributed by atoms with Gasteiger partial charge in [0.05, 0.1) is 18.3 Å². The molecule has 0 saturated carbocycles. The van der Waals surface area contributed by atoms with Gasteiger partial charge in [0.15, 0.2) is 0 Å². The number of carbonyl (C=O) groups is 1. The van der Waals surface area contributed by atoms with Crippen LogP contribution in [0, 0.1) is 13.8 Å². The zero-order chi connectivity index (χ0) is 21.1. The average Bonchev–Trinajstić information content (AvgIpc) is 2.75. The van der Waals surface area contributed by atoms with E-state index in [4.69, 9.17) is 9.72 Å². The maximum absolute atomic E-state index is 12.5. The molecule has 0 unspecified atom stereocenters. The summed E-state index contributed by atoms with van der Waals surface area (Å²) in [6, 6.07) is 13.3. The summed E-state index contributed by atoms with van der Waals surface area (Å²) in [4.78, 5) is 19.8. The summed E-state index contributed by atoms with van der Waals surface area (Å²) < 4.78 is 5.33. The van der Waals surface area contributed by atoms with Crippen molar-refractivity contribution in [1.29, 1.82) is 0 Å². The third-order valence-electron chi connectivity index (χ3n) is 5.54. The molecule has 0 bridgehead atoms.